The van der Waals surface area contributed by atoms with Crippen molar-refractivity contribution in [3.8, 4) is 0 Å². The molecular weight excluding hydrogens is 451 g/mol. The smallest absolute Gasteiger partial charge is 0.193 e. The molecule has 0 spiro atoms. The number of morpholine rings is 1. The minimum Gasteiger partial charge on any atom is -0.379 e. The van der Waals surface area contributed by atoms with Gasteiger partial charge in [0.15, 0.2) is 5.96 Å². The van der Waals surface area contributed by atoms with Gasteiger partial charge < -0.3 is 15.8 Å². The second-order valence-electron chi connectivity index (χ2n) is 6.86. The summed E-state index contributed by atoms with van der Waals surface area (Å²) in [5.74, 6) is 0.441. The van der Waals surface area contributed by atoms with Crippen molar-refractivity contribution in [2.75, 3.05) is 31.6 Å². The van der Waals surface area contributed by atoms with Gasteiger partial charge in [0.05, 0.1) is 19.8 Å². The number of aryl methyl sites for hydroxylation is 2. The van der Waals surface area contributed by atoms with E-state index in [4.69, 9.17) is 10.5 Å². The van der Waals surface area contributed by atoms with E-state index in [0.717, 1.165) is 38.5 Å². The molecule has 2 aromatic rings. The van der Waals surface area contributed by atoms with Crippen LogP contribution in [-0.2, 0) is 17.8 Å². The van der Waals surface area contributed by atoms with Crippen LogP contribution < -0.4 is 11.1 Å². The van der Waals surface area contributed by atoms with Gasteiger partial charge in [0.1, 0.15) is 0 Å². The van der Waals surface area contributed by atoms with Gasteiger partial charge >= 0.3 is 0 Å². The molecule has 0 bridgehead atoms. The summed E-state index contributed by atoms with van der Waals surface area (Å²) < 4.78 is 5.43. The van der Waals surface area contributed by atoms with E-state index in [0.29, 0.717) is 12.5 Å². The van der Waals surface area contributed by atoms with Crippen LogP contribution in [0.1, 0.15) is 22.3 Å². The predicted molar refractivity (Wildman–Crippen MR) is 123 cm³/mol. The van der Waals surface area contributed by atoms with Crippen LogP contribution in [0.3, 0.4) is 0 Å². The first kappa shape index (κ1) is 21.7. The highest BCUT2D eigenvalue weighted by Crippen LogP contribution is 2.15. The third-order valence-corrected chi connectivity index (χ3v) is 4.53. The van der Waals surface area contributed by atoms with Crippen molar-refractivity contribution in [3.63, 3.8) is 0 Å². The molecule has 3 N–H and O–H groups in total. The van der Waals surface area contributed by atoms with Gasteiger partial charge in [-0.2, -0.15) is 0 Å². The van der Waals surface area contributed by atoms with Crippen LogP contribution in [0.2, 0.25) is 0 Å². The van der Waals surface area contributed by atoms with E-state index in [9.17, 15) is 0 Å². The quantitative estimate of drug-likeness (QED) is 0.390. The Balaban J connectivity index is 0.00000261. The van der Waals surface area contributed by atoms with E-state index >= 15 is 0 Å². The Morgan fingerprint density at radius 2 is 1.70 bits per heavy atom. The first-order chi connectivity index (χ1) is 12.6. The van der Waals surface area contributed by atoms with Gasteiger partial charge in [-0.25, -0.2) is 4.99 Å². The fourth-order valence-electron chi connectivity index (χ4n) is 3.27. The summed E-state index contributed by atoms with van der Waals surface area (Å²) >= 11 is 0. The normalized spacial score (nSPS) is 15.3. The minimum absolute atomic E-state index is 0. The standard InChI is InChI=1S/C21H28N4O.HI/c1-16-11-17(2)13-20(12-16)24-21(22)23-14-18-5-3-4-6-19(18)15-25-7-9-26-10-8-25;/h3-6,11-13H,7-10,14-15H2,1-2H3,(H3,22,23,24);1H. The van der Waals surface area contributed by atoms with Gasteiger partial charge in [-0.05, 0) is 48.2 Å². The Labute approximate surface area is 179 Å². The number of ether oxygens (including phenoxy) is 1. The number of halogens is 1. The van der Waals surface area contributed by atoms with Crippen LogP contribution in [0, 0.1) is 13.8 Å². The molecule has 0 unspecified atom stereocenters. The third-order valence-electron chi connectivity index (χ3n) is 4.53. The zero-order valence-electron chi connectivity index (χ0n) is 16.1. The Morgan fingerprint density at radius 1 is 1.07 bits per heavy atom. The van der Waals surface area contributed by atoms with Crippen LogP contribution in [0.4, 0.5) is 5.69 Å². The first-order valence-corrected chi connectivity index (χ1v) is 9.12. The molecule has 27 heavy (non-hydrogen) atoms. The van der Waals surface area contributed by atoms with Crippen LogP contribution >= 0.6 is 24.0 Å². The molecule has 1 fully saturated rings. The molecule has 1 heterocycles. The molecule has 2 aromatic carbocycles. The lowest BCUT2D eigenvalue weighted by atomic mass is 10.1. The highest BCUT2D eigenvalue weighted by atomic mass is 127. The molecule has 0 amide bonds. The summed E-state index contributed by atoms with van der Waals surface area (Å²) in [5.41, 5.74) is 12.0. The monoisotopic (exact) mass is 480 g/mol. The lowest BCUT2D eigenvalue weighted by Gasteiger charge is -2.27. The van der Waals surface area contributed by atoms with Gasteiger partial charge in [-0.15, -0.1) is 24.0 Å². The third kappa shape index (κ3) is 6.79. The molecule has 1 aliphatic heterocycles. The average molecular weight is 480 g/mol. The van der Waals surface area contributed by atoms with E-state index in [1.165, 1.54) is 22.3 Å². The van der Waals surface area contributed by atoms with E-state index in [-0.39, 0.29) is 24.0 Å². The second-order valence-corrected chi connectivity index (χ2v) is 6.86. The topological polar surface area (TPSA) is 62.9 Å². The van der Waals surface area contributed by atoms with Gasteiger partial charge in [0.2, 0.25) is 0 Å². The molecule has 146 valence electrons. The van der Waals surface area contributed by atoms with E-state index in [1.54, 1.807) is 0 Å². The number of nitrogens with one attached hydrogen (secondary N) is 1. The van der Waals surface area contributed by atoms with Gasteiger partial charge in [-0.3, -0.25) is 4.90 Å². The number of nitrogens with zero attached hydrogens (tertiary/aromatic N) is 2. The van der Waals surface area contributed by atoms with E-state index in [1.807, 2.05) is 0 Å². The molecule has 5 nitrogen and oxygen atoms in total. The molecule has 3 rings (SSSR count). The molecule has 1 saturated heterocycles. The van der Waals surface area contributed by atoms with Crippen molar-refractivity contribution in [1.29, 1.82) is 0 Å². The summed E-state index contributed by atoms with van der Waals surface area (Å²) in [4.78, 5) is 6.96. The van der Waals surface area contributed by atoms with Crippen LogP contribution in [-0.4, -0.2) is 37.2 Å². The Bertz CT molecular complexity index is 752. The van der Waals surface area contributed by atoms with Crippen molar-refractivity contribution in [2.24, 2.45) is 10.7 Å². The summed E-state index contributed by atoms with van der Waals surface area (Å²) in [6, 6.07) is 14.7. The molecule has 0 aliphatic carbocycles. The minimum atomic E-state index is 0. The highest BCUT2D eigenvalue weighted by molar-refractivity contribution is 14.0. The molecule has 0 saturated carbocycles. The van der Waals surface area contributed by atoms with Crippen LogP contribution in [0.25, 0.3) is 0 Å². The molecule has 6 heteroatoms. The molecule has 1 aliphatic rings. The number of hydrogen-bond acceptors (Lipinski definition) is 3. The maximum absolute atomic E-state index is 6.10. The summed E-state index contributed by atoms with van der Waals surface area (Å²) in [6.45, 7) is 9.24. The SMILES string of the molecule is Cc1cc(C)cc(NC(N)=NCc2ccccc2CN2CCOCC2)c1.I. The molecule has 0 atom stereocenters. The van der Waals surface area contributed by atoms with Crippen molar-refractivity contribution in [3.05, 3.63) is 64.7 Å². The summed E-state index contributed by atoms with van der Waals surface area (Å²) in [6.07, 6.45) is 0. The molecule has 0 aromatic heterocycles. The lowest BCUT2D eigenvalue weighted by Crippen LogP contribution is -2.35. The van der Waals surface area contributed by atoms with Crippen molar-refractivity contribution in [1.82, 2.24) is 4.90 Å². The number of hydrogen-bond donors (Lipinski definition) is 2. The number of nitrogens with two attached hydrogens (primary N) is 1. The summed E-state index contributed by atoms with van der Waals surface area (Å²) in [7, 11) is 0. The zero-order chi connectivity index (χ0) is 18.4. The Morgan fingerprint density at radius 3 is 2.37 bits per heavy atom. The second kappa shape index (κ2) is 10.6. The van der Waals surface area contributed by atoms with Crippen molar-refractivity contribution >= 4 is 35.6 Å². The van der Waals surface area contributed by atoms with Gasteiger partial charge in [-0.1, -0.05) is 30.3 Å². The van der Waals surface area contributed by atoms with E-state index < -0.39 is 0 Å². The Hall–Kier alpha value is -1.64. The number of rotatable bonds is 5. The van der Waals surface area contributed by atoms with Gasteiger partial charge in [0.25, 0.3) is 0 Å². The highest BCUT2D eigenvalue weighted by Gasteiger charge is 2.12. The van der Waals surface area contributed by atoms with Crippen LogP contribution in [0.15, 0.2) is 47.5 Å². The lowest BCUT2D eigenvalue weighted by molar-refractivity contribution is 0.0341. The predicted octanol–water partition coefficient (Wildman–Crippen LogP) is 3.68. The maximum Gasteiger partial charge on any atom is 0.193 e. The Kier molecular flexibility index (Phi) is 8.53. The summed E-state index contributed by atoms with van der Waals surface area (Å²) in [5, 5.41) is 3.20. The van der Waals surface area contributed by atoms with Crippen molar-refractivity contribution in [2.45, 2.75) is 26.9 Å². The zero-order valence-corrected chi connectivity index (χ0v) is 18.4. The first-order valence-electron chi connectivity index (χ1n) is 9.12. The average Bonchev–Trinajstić information content (AvgIpc) is 2.61. The fourth-order valence-corrected chi connectivity index (χ4v) is 3.27. The largest absolute Gasteiger partial charge is 0.379 e. The maximum atomic E-state index is 6.10. The fraction of sp³-hybridized carbons (Fsp3) is 0.381. The van der Waals surface area contributed by atoms with Gasteiger partial charge in [0, 0.05) is 25.3 Å². The van der Waals surface area contributed by atoms with Crippen molar-refractivity contribution < 1.29 is 4.74 Å². The molecule has 0 radical (unpaired) electrons. The number of benzene rings is 2. The number of anilines is 1. The number of guanidine groups is 1. The van der Waals surface area contributed by atoms with Crippen LogP contribution in [0.5, 0.6) is 0 Å². The van der Waals surface area contributed by atoms with E-state index in [2.05, 4.69) is 71.5 Å². The molecular formula is C21H29IN4O. The number of aliphatic imine (C=N–C) groups is 1.